The summed E-state index contributed by atoms with van der Waals surface area (Å²) in [5.41, 5.74) is -2.84. The van der Waals surface area contributed by atoms with Gasteiger partial charge in [-0.2, -0.15) is 8.78 Å². The molecule has 81 heavy (non-hydrogen) atoms. The molecule has 0 radical (unpaired) electrons. The molecule has 9 rings (SSSR count). The van der Waals surface area contributed by atoms with Crippen molar-refractivity contribution in [2.75, 3.05) is 26.2 Å². The SMILES string of the molecule is CC(C)(C)[C@H](NC(=O)c1cc2cc(C(F)(F)P(=O)(O)O)ccc2s1)C(=O)N1Cc2cc(OCC(=O)NCCCCCC#Cc3ccc4c(c3)C(=O)N(C3CCC(=O)NC3=O)C4=O)ccc2C[C@H]1C(=O)N1CCCC(c2ccccc2)C1. The van der Waals surface area contributed by atoms with Crippen LogP contribution >= 0.6 is 18.9 Å². The van der Waals surface area contributed by atoms with E-state index in [-0.39, 0.29) is 71.5 Å². The number of amides is 8. The molecule has 1 aromatic heterocycles. The molecule has 4 aromatic carbocycles. The molecule has 5 N–H and O–H groups in total. The number of thiophene rings is 1. The molecule has 5 heterocycles. The lowest BCUT2D eigenvalue weighted by molar-refractivity contribution is -0.150. The van der Waals surface area contributed by atoms with E-state index in [9.17, 15) is 56.7 Å². The van der Waals surface area contributed by atoms with Crippen molar-refractivity contribution >= 4 is 76.3 Å². The summed E-state index contributed by atoms with van der Waals surface area (Å²) in [6.07, 6.45) is 4.57. The molecule has 22 heteroatoms. The quantitative estimate of drug-likeness (QED) is 0.0286. The minimum atomic E-state index is -5.86. The average Bonchev–Trinajstić information content (AvgIpc) is 4.12. The minimum absolute atomic E-state index is 0.0268. The number of hydrogen-bond donors (Lipinski definition) is 5. The molecule has 4 aliphatic rings. The number of likely N-dealkylation sites (tertiary alicyclic amines) is 1. The molecule has 4 atom stereocenters. The third-order valence-corrected chi connectivity index (χ3v) is 17.2. The maximum absolute atomic E-state index is 15.2. The highest BCUT2D eigenvalue weighted by Crippen LogP contribution is 2.59. The molecule has 0 spiro atoms. The van der Waals surface area contributed by atoms with Crippen molar-refractivity contribution in [3.8, 4) is 17.6 Å². The molecular formula is C59H61F2N6O12PS. The topological polar surface area (TPSA) is 249 Å². The first kappa shape index (κ1) is 58.0. The Balaban J connectivity index is 0.819. The fraction of sp³-hybridized carbons (Fsp3) is 0.390. The summed E-state index contributed by atoms with van der Waals surface area (Å²) in [5.74, 6) is 2.42. The molecule has 18 nitrogen and oxygen atoms in total. The van der Waals surface area contributed by atoms with Crippen LogP contribution in [0.2, 0.25) is 0 Å². The van der Waals surface area contributed by atoms with Gasteiger partial charge in [0.25, 0.3) is 23.6 Å². The summed E-state index contributed by atoms with van der Waals surface area (Å²) in [6, 6.07) is 21.1. The van der Waals surface area contributed by atoms with Crippen molar-refractivity contribution in [3.63, 3.8) is 0 Å². The summed E-state index contributed by atoms with van der Waals surface area (Å²) >= 11 is 0.956. The van der Waals surface area contributed by atoms with Gasteiger partial charge in [-0.3, -0.25) is 53.1 Å². The molecule has 2 unspecified atom stereocenters. The molecule has 8 amide bonds. The van der Waals surface area contributed by atoms with E-state index in [1.807, 2.05) is 41.3 Å². The van der Waals surface area contributed by atoms with E-state index in [4.69, 9.17) is 4.74 Å². The second-order valence-electron chi connectivity index (χ2n) is 21.8. The highest BCUT2D eigenvalue weighted by atomic mass is 32.1. The highest BCUT2D eigenvalue weighted by Gasteiger charge is 2.51. The van der Waals surface area contributed by atoms with Crippen LogP contribution in [0, 0.1) is 17.3 Å². The van der Waals surface area contributed by atoms with Gasteiger partial charge in [-0.05, 0) is 108 Å². The lowest BCUT2D eigenvalue weighted by Crippen LogP contribution is -2.61. The van der Waals surface area contributed by atoms with Gasteiger partial charge >= 0.3 is 13.3 Å². The third-order valence-electron chi connectivity index (χ3n) is 15.1. The Bertz CT molecular complexity index is 3460. The van der Waals surface area contributed by atoms with Crippen molar-refractivity contribution in [2.24, 2.45) is 5.41 Å². The molecular weight excluding hydrogens is 1090 g/mol. The number of ether oxygens (including phenoxy) is 1. The number of nitrogens with zero attached hydrogens (tertiary/aromatic N) is 3. The zero-order chi connectivity index (χ0) is 58.0. The number of unbranched alkanes of at least 4 members (excludes halogenated alkanes) is 3. The zero-order valence-electron chi connectivity index (χ0n) is 44.8. The molecule has 4 aliphatic heterocycles. The highest BCUT2D eigenvalue weighted by molar-refractivity contribution is 7.52. The number of alkyl halides is 2. The van der Waals surface area contributed by atoms with Crippen molar-refractivity contribution < 1.29 is 66.2 Å². The summed E-state index contributed by atoms with van der Waals surface area (Å²) in [5, 5.41) is 8.06. The summed E-state index contributed by atoms with van der Waals surface area (Å²) < 4.78 is 47.3. The first-order valence-electron chi connectivity index (χ1n) is 26.8. The zero-order valence-corrected chi connectivity index (χ0v) is 46.5. The lowest BCUT2D eigenvalue weighted by atomic mass is 9.83. The summed E-state index contributed by atoms with van der Waals surface area (Å²) in [6.45, 7) is 6.31. The Kier molecular flexibility index (Phi) is 17.1. The van der Waals surface area contributed by atoms with Crippen LogP contribution < -0.4 is 20.7 Å². The molecule has 2 fully saturated rings. The van der Waals surface area contributed by atoms with Crippen LogP contribution in [-0.4, -0.2) is 116 Å². The van der Waals surface area contributed by atoms with Crippen LogP contribution in [0.4, 0.5) is 8.78 Å². The van der Waals surface area contributed by atoms with Crippen LogP contribution in [0.15, 0.2) is 91.0 Å². The van der Waals surface area contributed by atoms with Gasteiger partial charge in [-0.25, -0.2) is 0 Å². The maximum atomic E-state index is 15.2. The molecule has 0 bridgehead atoms. The van der Waals surface area contributed by atoms with Gasteiger partial charge in [0.05, 0.1) is 16.0 Å². The van der Waals surface area contributed by atoms with Gasteiger partial charge in [-0.15, -0.1) is 11.3 Å². The fourth-order valence-electron chi connectivity index (χ4n) is 10.7. The molecule has 0 aliphatic carbocycles. The Morgan fingerprint density at radius 3 is 2.40 bits per heavy atom. The number of carbonyl (C=O) groups is 8. The number of benzene rings is 4. The molecule has 424 valence electrons. The van der Waals surface area contributed by atoms with Crippen LogP contribution in [0.1, 0.15) is 136 Å². The van der Waals surface area contributed by atoms with Gasteiger partial charge in [0, 0.05) is 67.2 Å². The Morgan fingerprint density at radius 1 is 0.889 bits per heavy atom. The van der Waals surface area contributed by atoms with E-state index in [1.54, 1.807) is 39.0 Å². The van der Waals surface area contributed by atoms with E-state index in [0.717, 1.165) is 65.2 Å². The van der Waals surface area contributed by atoms with E-state index in [0.29, 0.717) is 54.1 Å². The number of fused-ring (bicyclic) bond motifs is 3. The van der Waals surface area contributed by atoms with Crippen LogP contribution in [0.5, 0.6) is 5.75 Å². The minimum Gasteiger partial charge on any atom is -0.484 e. The van der Waals surface area contributed by atoms with Gasteiger partial charge in [0.1, 0.15) is 23.9 Å². The van der Waals surface area contributed by atoms with E-state index < -0.39 is 77.8 Å². The third kappa shape index (κ3) is 12.8. The van der Waals surface area contributed by atoms with Crippen molar-refractivity contribution in [1.29, 1.82) is 0 Å². The monoisotopic (exact) mass is 1150 g/mol. The number of rotatable bonds is 16. The number of nitrogens with one attached hydrogen (secondary N) is 3. The summed E-state index contributed by atoms with van der Waals surface area (Å²) in [4.78, 5) is 130. The van der Waals surface area contributed by atoms with Crippen LogP contribution in [0.25, 0.3) is 10.1 Å². The predicted octanol–water partition coefficient (Wildman–Crippen LogP) is 7.14. The first-order valence-corrected chi connectivity index (χ1v) is 29.2. The molecule has 2 saturated heterocycles. The maximum Gasteiger partial charge on any atom is 0.399 e. The van der Waals surface area contributed by atoms with Crippen molar-refractivity contribution in [2.45, 2.75) is 115 Å². The second-order valence-corrected chi connectivity index (χ2v) is 24.6. The fourth-order valence-corrected chi connectivity index (χ4v) is 12.1. The van der Waals surface area contributed by atoms with Gasteiger partial charge in [0.2, 0.25) is 23.6 Å². The second kappa shape index (κ2) is 23.8. The summed E-state index contributed by atoms with van der Waals surface area (Å²) in [7, 11) is -5.86. The van der Waals surface area contributed by atoms with E-state index in [1.165, 1.54) is 29.2 Å². The largest absolute Gasteiger partial charge is 0.484 e. The number of hydrogen-bond acceptors (Lipinski definition) is 11. The van der Waals surface area contributed by atoms with Crippen LogP contribution in [-0.2, 0) is 47.2 Å². The number of halogens is 2. The van der Waals surface area contributed by atoms with Gasteiger partial charge < -0.3 is 35.0 Å². The number of carbonyl (C=O) groups excluding carboxylic acids is 8. The van der Waals surface area contributed by atoms with Crippen molar-refractivity contribution in [1.82, 2.24) is 30.7 Å². The smallest absolute Gasteiger partial charge is 0.399 e. The number of piperidine rings is 2. The standard InChI is InChI=1S/C59H61F2N6O12PS/c1-58(2,3)51(64-53(71)48-31-39-28-41(19-23-47(39)81-48)59(60,61)80(76,77)78)57(75)66-33-40-29-42(20-18-37(40)30-46(66)56(74)65-26-12-16-38(32-65)36-14-9-7-10-15-36)79-34-50(69)62-25-11-6-4-5-8-13-35-17-21-43-44(27-35)55(73)67(54(43)72)45-22-24-49(68)63-52(45)70/h7,9-10,14-15,17-21,23,27-29,31,38,45-46,51H,4-6,11-12,16,22,24-26,30,32-34H2,1-3H3,(H,62,69)(H,64,71)(H,63,68,70)(H2,76,77,78)/t38?,45?,46-,51+/m0/s1. The van der Waals surface area contributed by atoms with Crippen LogP contribution in [0.3, 0.4) is 0 Å². The van der Waals surface area contributed by atoms with Gasteiger partial charge in [0.15, 0.2) is 6.61 Å². The Hall–Kier alpha value is -7.63. The average molecular weight is 1150 g/mol. The van der Waals surface area contributed by atoms with E-state index in [2.05, 4.69) is 27.8 Å². The predicted molar refractivity (Wildman–Crippen MR) is 295 cm³/mol. The first-order chi connectivity index (χ1) is 38.5. The lowest BCUT2D eigenvalue weighted by Gasteiger charge is -2.43. The molecule has 0 saturated carbocycles. The normalized spacial score (nSPS) is 18.8. The number of imide groups is 2. The van der Waals surface area contributed by atoms with Crippen molar-refractivity contribution in [3.05, 3.63) is 135 Å². The molecule has 5 aromatic rings. The van der Waals surface area contributed by atoms with E-state index >= 15 is 4.79 Å². The Labute approximate surface area is 470 Å². The van der Waals surface area contributed by atoms with Gasteiger partial charge in [-0.1, -0.05) is 81.5 Å². The Morgan fingerprint density at radius 2 is 1.65 bits per heavy atom.